The Bertz CT molecular complexity index is 521. The molecule has 0 unspecified atom stereocenters. The number of rotatable bonds is 7. The first-order valence-electron chi connectivity index (χ1n) is 7.57. The lowest BCUT2D eigenvalue weighted by Crippen LogP contribution is -2.41. The lowest BCUT2D eigenvalue weighted by atomic mass is 10.1. The number of ether oxygens (including phenoxy) is 1. The molecule has 0 aliphatic heterocycles. The summed E-state index contributed by atoms with van der Waals surface area (Å²) in [4.78, 5) is 11.3. The van der Waals surface area contributed by atoms with E-state index in [0.29, 0.717) is 30.4 Å². The zero-order valence-corrected chi connectivity index (χ0v) is 16.2. The molecule has 0 amide bonds. The Kier molecular flexibility index (Phi) is 6.65. The summed E-state index contributed by atoms with van der Waals surface area (Å²) >= 11 is 6.01. The minimum absolute atomic E-state index is 0.102. The highest BCUT2D eigenvalue weighted by Gasteiger charge is 2.36. The van der Waals surface area contributed by atoms with Crippen LogP contribution in [0.4, 0.5) is 0 Å². The van der Waals surface area contributed by atoms with Gasteiger partial charge in [-0.15, -0.1) is 0 Å². The minimum atomic E-state index is -1.75. The molecule has 0 N–H and O–H groups in total. The standard InChI is InChI=1S/C17H27ClO3Si/c1-13(19)11-14-7-8-15(18)12-16(14)20-9-10-21-22(5,6)17(2,3)4/h7-8,12H,9-11H2,1-6H3. The number of hydrogen-bond acceptors (Lipinski definition) is 3. The summed E-state index contributed by atoms with van der Waals surface area (Å²) in [6.45, 7) is 13.6. The van der Waals surface area contributed by atoms with Crippen molar-refractivity contribution in [3.63, 3.8) is 0 Å². The first kappa shape index (κ1) is 19.2. The zero-order valence-electron chi connectivity index (χ0n) is 14.5. The molecular weight excluding hydrogens is 316 g/mol. The predicted octanol–water partition coefficient (Wildman–Crippen LogP) is 4.87. The van der Waals surface area contributed by atoms with Gasteiger partial charge in [-0.1, -0.05) is 38.4 Å². The Morgan fingerprint density at radius 2 is 1.86 bits per heavy atom. The van der Waals surface area contributed by atoms with Crippen LogP contribution in [0.15, 0.2) is 18.2 Å². The average molecular weight is 343 g/mol. The fourth-order valence-electron chi connectivity index (χ4n) is 1.74. The van der Waals surface area contributed by atoms with Gasteiger partial charge in [0.05, 0.1) is 6.61 Å². The Balaban J connectivity index is 2.61. The van der Waals surface area contributed by atoms with Gasteiger partial charge in [0, 0.05) is 17.0 Å². The number of hydrogen-bond donors (Lipinski definition) is 0. The molecule has 0 saturated heterocycles. The quantitative estimate of drug-likeness (QED) is 0.523. The van der Waals surface area contributed by atoms with Crippen molar-refractivity contribution >= 4 is 25.7 Å². The zero-order chi connectivity index (χ0) is 17.0. The highest BCUT2D eigenvalue weighted by Crippen LogP contribution is 2.36. The Morgan fingerprint density at radius 1 is 1.23 bits per heavy atom. The van der Waals surface area contributed by atoms with Gasteiger partial charge in [0.2, 0.25) is 0 Å². The van der Waals surface area contributed by atoms with Crippen LogP contribution >= 0.6 is 11.6 Å². The van der Waals surface area contributed by atoms with Crippen LogP contribution in [0.25, 0.3) is 0 Å². The third-order valence-corrected chi connectivity index (χ3v) is 8.85. The van der Waals surface area contributed by atoms with Crippen molar-refractivity contribution < 1.29 is 14.0 Å². The van der Waals surface area contributed by atoms with E-state index in [0.717, 1.165) is 5.56 Å². The number of benzene rings is 1. The number of ketones is 1. The maximum Gasteiger partial charge on any atom is 0.192 e. The summed E-state index contributed by atoms with van der Waals surface area (Å²) in [5.74, 6) is 0.770. The molecule has 0 aliphatic carbocycles. The van der Waals surface area contributed by atoms with Crippen LogP contribution in [0, 0.1) is 0 Å². The van der Waals surface area contributed by atoms with Crippen LogP contribution in [-0.2, 0) is 15.6 Å². The van der Waals surface area contributed by atoms with Gasteiger partial charge in [0.15, 0.2) is 8.32 Å². The fourth-order valence-corrected chi connectivity index (χ4v) is 2.93. The molecule has 22 heavy (non-hydrogen) atoms. The van der Waals surface area contributed by atoms with Crippen LogP contribution in [0.1, 0.15) is 33.3 Å². The van der Waals surface area contributed by atoms with Gasteiger partial charge in [0.25, 0.3) is 0 Å². The van der Waals surface area contributed by atoms with E-state index in [1.54, 1.807) is 19.1 Å². The van der Waals surface area contributed by atoms with Crippen LogP contribution in [0.3, 0.4) is 0 Å². The smallest absolute Gasteiger partial charge is 0.192 e. The molecule has 1 aromatic carbocycles. The SMILES string of the molecule is CC(=O)Cc1ccc(Cl)cc1OCCO[Si](C)(C)C(C)(C)C. The number of Topliss-reactive ketones (excluding diaryl/α,β-unsaturated/α-hetero) is 1. The molecule has 0 aliphatic rings. The molecule has 1 aromatic rings. The molecule has 3 nitrogen and oxygen atoms in total. The second kappa shape index (κ2) is 7.62. The largest absolute Gasteiger partial charge is 0.491 e. The van der Waals surface area contributed by atoms with Crippen molar-refractivity contribution in [3.8, 4) is 5.75 Å². The highest BCUT2D eigenvalue weighted by atomic mass is 35.5. The normalized spacial score (nSPS) is 12.3. The molecular formula is C17H27ClO3Si. The Hall–Kier alpha value is -0.843. The fraction of sp³-hybridized carbons (Fsp3) is 0.588. The van der Waals surface area contributed by atoms with E-state index < -0.39 is 8.32 Å². The molecule has 0 atom stereocenters. The van der Waals surface area contributed by atoms with Crippen molar-refractivity contribution in [1.29, 1.82) is 0 Å². The molecule has 0 radical (unpaired) electrons. The third kappa shape index (κ3) is 5.74. The second-order valence-electron chi connectivity index (χ2n) is 7.09. The first-order valence-corrected chi connectivity index (χ1v) is 10.9. The van der Waals surface area contributed by atoms with Crippen molar-refractivity contribution in [3.05, 3.63) is 28.8 Å². The van der Waals surface area contributed by atoms with Crippen molar-refractivity contribution in [2.75, 3.05) is 13.2 Å². The van der Waals surface area contributed by atoms with E-state index in [1.165, 1.54) is 0 Å². The number of carbonyl (C=O) groups is 1. The summed E-state index contributed by atoms with van der Waals surface area (Å²) < 4.78 is 11.9. The molecule has 1 rings (SSSR count). The van der Waals surface area contributed by atoms with E-state index in [9.17, 15) is 4.79 Å². The summed E-state index contributed by atoms with van der Waals surface area (Å²) in [5, 5.41) is 0.788. The summed E-state index contributed by atoms with van der Waals surface area (Å²) in [5.41, 5.74) is 0.865. The van der Waals surface area contributed by atoms with E-state index >= 15 is 0 Å². The maximum atomic E-state index is 11.3. The van der Waals surface area contributed by atoms with Crippen LogP contribution < -0.4 is 4.74 Å². The van der Waals surface area contributed by atoms with Crippen LogP contribution in [0.5, 0.6) is 5.75 Å². The molecule has 0 heterocycles. The van der Waals surface area contributed by atoms with Crippen LogP contribution in [-0.4, -0.2) is 27.3 Å². The average Bonchev–Trinajstić information content (AvgIpc) is 2.35. The lowest BCUT2D eigenvalue weighted by molar-refractivity contribution is -0.116. The van der Waals surface area contributed by atoms with Crippen LogP contribution in [0.2, 0.25) is 23.2 Å². The van der Waals surface area contributed by atoms with Gasteiger partial charge >= 0.3 is 0 Å². The van der Waals surface area contributed by atoms with Gasteiger partial charge in [-0.05, 0) is 37.2 Å². The van der Waals surface area contributed by atoms with Gasteiger partial charge in [-0.2, -0.15) is 0 Å². The molecule has 0 saturated carbocycles. The molecule has 0 aromatic heterocycles. The van der Waals surface area contributed by atoms with Gasteiger partial charge in [-0.3, -0.25) is 4.79 Å². The van der Waals surface area contributed by atoms with Gasteiger partial charge in [0.1, 0.15) is 18.1 Å². The number of carbonyl (C=O) groups excluding carboxylic acids is 1. The lowest BCUT2D eigenvalue weighted by Gasteiger charge is -2.36. The first-order chi connectivity index (χ1) is 10.0. The monoisotopic (exact) mass is 342 g/mol. The van der Waals surface area contributed by atoms with Crippen molar-refractivity contribution in [2.45, 2.75) is 52.2 Å². The van der Waals surface area contributed by atoms with E-state index in [1.807, 2.05) is 6.07 Å². The second-order valence-corrected chi connectivity index (χ2v) is 12.3. The summed E-state index contributed by atoms with van der Waals surface area (Å²) in [6, 6.07) is 5.37. The Morgan fingerprint density at radius 3 is 2.41 bits per heavy atom. The predicted molar refractivity (Wildman–Crippen MR) is 94.5 cm³/mol. The van der Waals surface area contributed by atoms with Gasteiger partial charge in [-0.25, -0.2) is 0 Å². The van der Waals surface area contributed by atoms with E-state index in [-0.39, 0.29) is 10.8 Å². The third-order valence-electron chi connectivity index (χ3n) is 4.08. The summed E-state index contributed by atoms with van der Waals surface area (Å²) in [6.07, 6.45) is 0.357. The summed E-state index contributed by atoms with van der Waals surface area (Å²) in [7, 11) is -1.75. The molecule has 5 heteroatoms. The van der Waals surface area contributed by atoms with E-state index in [4.69, 9.17) is 20.8 Å². The van der Waals surface area contributed by atoms with E-state index in [2.05, 4.69) is 33.9 Å². The highest BCUT2D eigenvalue weighted by molar-refractivity contribution is 6.74. The molecule has 0 bridgehead atoms. The van der Waals surface area contributed by atoms with Crippen molar-refractivity contribution in [2.24, 2.45) is 0 Å². The molecule has 124 valence electrons. The minimum Gasteiger partial charge on any atom is -0.491 e. The molecule has 0 fully saturated rings. The Labute approximate surface area is 140 Å². The topological polar surface area (TPSA) is 35.5 Å². The van der Waals surface area contributed by atoms with Gasteiger partial charge < -0.3 is 9.16 Å². The van der Waals surface area contributed by atoms with Crippen molar-refractivity contribution in [1.82, 2.24) is 0 Å². The number of halogens is 1. The maximum absolute atomic E-state index is 11.3. The molecule has 0 spiro atoms.